The highest BCUT2D eigenvalue weighted by molar-refractivity contribution is 5.94. The molecule has 0 saturated carbocycles. The van der Waals surface area contributed by atoms with Gasteiger partial charge in [0, 0.05) is 17.3 Å². The van der Waals surface area contributed by atoms with Crippen molar-refractivity contribution < 1.29 is 9.18 Å². The van der Waals surface area contributed by atoms with Crippen LogP contribution >= 0.6 is 0 Å². The van der Waals surface area contributed by atoms with E-state index in [-0.39, 0.29) is 11.2 Å². The van der Waals surface area contributed by atoms with Crippen LogP contribution < -0.4 is 5.73 Å². The van der Waals surface area contributed by atoms with Crippen LogP contribution in [0.5, 0.6) is 0 Å². The van der Waals surface area contributed by atoms with E-state index in [1.807, 2.05) is 64.1 Å². The van der Waals surface area contributed by atoms with E-state index in [2.05, 4.69) is 4.98 Å². The van der Waals surface area contributed by atoms with E-state index in [0.29, 0.717) is 5.56 Å². The lowest BCUT2D eigenvalue weighted by molar-refractivity contribution is 0.0999. The van der Waals surface area contributed by atoms with Gasteiger partial charge in [-0.3, -0.25) is 9.78 Å². The molecule has 1 heterocycles. The van der Waals surface area contributed by atoms with E-state index in [0.717, 1.165) is 46.4 Å². The molecule has 3 nitrogen and oxygen atoms in total. The van der Waals surface area contributed by atoms with Crippen molar-refractivity contribution in [1.82, 2.24) is 4.98 Å². The average Bonchev–Trinajstić information content (AvgIpc) is 2.65. The number of nitrogens with two attached hydrogens (primary N) is 1. The lowest BCUT2D eigenvalue weighted by atomic mass is 9.86. The van der Waals surface area contributed by atoms with Crippen molar-refractivity contribution in [3.8, 4) is 11.3 Å². The second-order valence-electron chi connectivity index (χ2n) is 8.51. The van der Waals surface area contributed by atoms with Crippen molar-refractivity contribution in [2.24, 2.45) is 5.73 Å². The van der Waals surface area contributed by atoms with Crippen molar-refractivity contribution >= 4 is 5.91 Å². The Bertz CT molecular complexity index is 1050. The molecule has 150 valence electrons. The van der Waals surface area contributed by atoms with Gasteiger partial charge in [0.2, 0.25) is 5.91 Å². The van der Waals surface area contributed by atoms with Crippen LogP contribution in [0.4, 0.5) is 4.39 Å². The number of hydrogen-bond acceptors (Lipinski definition) is 2. The van der Waals surface area contributed by atoms with Gasteiger partial charge >= 0.3 is 0 Å². The maximum absolute atomic E-state index is 14.4. The third-order valence-electron chi connectivity index (χ3n) is 5.16. The number of rotatable bonds is 5. The lowest BCUT2D eigenvalue weighted by Gasteiger charge is -2.20. The van der Waals surface area contributed by atoms with Crippen LogP contribution in [0, 0.1) is 12.7 Å². The van der Waals surface area contributed by atoms with Crippen LogP contribution in [-0.2, 0) is 18.3 Å². The molecule has 0 aliphatic carbocycles. The van der Waals surface area contributed by atoms with Crippen molar-refractivity contribution in [1.29, 1.82) is 0 Å². The standard InChI is InChI=1S/C25H27FN2O/c1-16-13-19(8-9-20(16)24(27)29)23-15-18(11-12-28-23)6-5-17-7-10-21(22(26)14-17)25(2,3)4/h7-15H,5-6H2,1-4H3,(H2,27,29). The number of hydrogen-bond donors (Lipinski definition) is 1. The zero-order valence-electron chi connectivity index (χ0n) is 17.4. The third-order valence-corrected chi connectivity index (χ3v) is 5.16. The summed E-state index contributed by atoms with van der Waals surface area (Å²) in [7, 11) is 0. The number of aromatic nitrogens is 1. The van der Waals surface area contributed by atoms with Gasteiger partial charge in [-0.25, -0.2) is 4.39 Å². The van der Waals surface area contributed by atoms with E-state index < -0.39 is 5.91 Å². The van der Waals surface area contributed by atoms with Crippen LogP contribution in [0.1, 0.15) is 53.4 Å². The molecule has 3 rings (SSSR count). The van der Waals surface area contributed by atoms with E-state index in [4.69, 9.17) is 5.73 Å². The zero-order valence-corrected chi connectivity index (χ0v) is 17.4. The van der Waals surface area contributed by atoms with Gasteiger partial charge in [0.15, 0.2) is 0 Å². The second kappa shape index (κ2) is 8.16. The fourth-order valence-corrected chi connectivity index (χ4v) is 3.50. The monoisotopic (exact) mass is 390 g/mol. The van der Waals surface area contributed by atoms with Crippen molar-refractivity contribution in [2.75, 3.05) is 0 Å². The summed E-state index contributed by atoms with van der Waals surface area (Å²) >= 11 is 0. The SMILES string of the molecule is Cc1cc(-c2cc(CCc3ccc(C(C)(C)C)c(F)c3)ccn2)ccc1C(N)=O. The van der Waals surface area contributed by atoms with E-state index in [1.54, 1.807) is 18.3 Å². The van der Waals surface area contributed by atoms with E-state index in [9.17, 15) is 9.18 Å². The Labute approximate surface area is 171 Å². The molecule has 0 bridgehead atoms. The first-order valence-corrected chi connectivity index (χ1v) is 9.80. The predicted molar refractivity (Wildman–Crippen MR) is 115 cm³/mol. The quantitative estimate of drug-likeness (QED) is 0.636. The number of halogens is 1. The number of aryl methyl sites for hydroxylation is 3. The minimum absolute atomic E-state index is 0.143. The molecule has 1 amide bonds. The number of primary amides is 1. The minimum Gasteiger partial charge on any atom is -0.366 e. The molecule has 29 heavy (non-hydrogen) atoms. The number of amides is 1. The molecular formula is C25H27FN2O. The van der Waals surface area contributed by atoms with Crippen LogP contribution in [0.15, 0.2) is 54.7 Å². The molecule has 0 saturated heterocycles. The van der Waals surface area contributed by atoms with Crippen molar-refractivity contribution in [2.45, 2.75) is 46.0 Å². The number of benzene rings is 2. The Morgan fingerprint density at radius 2 is 1.69 bits per heavy atom. The largest absolute Gasteiger partial charge is 0.366 e. The number of nitrogens with zero attached hydrogens (tertiary/aromatic N) is 1. The Kier molecular flexibility index (Phi) is 5.83. The Hall–Kier alpha value is -3.01. The molecule has 4 heteroatoms. The Morgan fingerprint density at radius 3 is 2.28 bits per heavy atom. The molecule has 2 aromatic carbocycles. The summed E-state index contributed by atoms with van der Waals surface area (Å²) in [4.78, 5) is 15.9. The topological polar surface area (TPSA) is 56.0 Å². The third kappa shape index (κ3) is 4.89. The molecule has 0 fully saturated rings. The molecule has 0 atom stereocenters. The summed E-state index contributed by atoms with van der Waals surface area (Å²) in [5.41, 5.74) is 11.2. The van der Waals surface area contributed by atoms with Crippen LogP contribution in [0.2, 0.25) is 0 Å². The molecule has 0 aliphatic heterocycles. The summed E-state index contributed by atoms with van der Waals surface area (Å²) in [5, 5.41) is 0. The molecule has 0 aliphatic rings. The number of carbonyl (C=O) groups excluding carboxylic acids is 1. The van der Waals surface area contributed by atoms with Gasteiger partial charge in [-0.1, -0.05) is 39.0 Å². The molecule has 0 spiro atoms. The zero-order chi connectivity index (χ0) is 21.2. The van der Waals surface area contributed by atoms with Crippen LogP contribution in [0.25, 0.3) is 11.3 Å². The lowest BCUT2D eigenvalue weighted by Crippen LogP contribution is -2.13. The summed E-state index contributed by atoms with van der Waals surface area (Å²) in [6.07, 6.45) is 3.33. The van der Waals surface area contributed by atoms with Crippen LogP contribution in [0.3, 0.4) is 0 Å². The highest BCUT2D eigenvalue weighted by Gasteiger charge is 2.18. The summed E-state index contributed by atoms with van der Waals surface area (Å²) in [6, 6.07) is 15.1. The van der Waals surface area contributed by atoms with E-state index in [1.165, 1.54) is 0 Å². The van der Waals surface area contributed by atoms with Gasteiger partial charge in [0.05, 0.1) is 5.69 Å². The van der Waals surface area contributed by atoms with Crippen LogP contribution in [-0.4, -0.2) is 10.9 Å². The molecule has 0 unspecified atom stereocenters. The Morgan fingerprint density at radius 1 is 1.00 bits per heavy atom. The molecule has 0 radical (unpaired) electrons. The first-order chi connectivity index (χ1) is 13.6. The molecule has 3 aromatic rings. The Balaban J connectivity index is 1.76. The number of carbonyl (C=O) groups is 1. The second-order valence-corrected chi connectivity index (χ2v) is 8.51. The van der Waals surface area contributed by atoms with Gasteiger partial charge in [-0.2, -0.15) is 0 Å². The fourth-order valence-electron chi connectivity index (χ4n) is 3.50. The highest BCUT2D eigenvalue weighted by Crippen LogP contribution is 2.26. The van der Waals surface area contributed by atoms with E-state index >= 15 is 0 Å². The average molecular weight is 391 g/mol. The number of pyridine rings is 1. The first-order valence-electron chi connectivity index (χ1n) is 9.80. The minimum atomic E-state index is -0.430. The maximum atomic E-state index is 14.4. The smallest absolute Gasteiger partial charge is 0.248 e. The summed E-state index contributed by atoms with van der Waals surface area (Å²) < 4.78 is 14.4. The first kappa shape index (κ1) is 20.7. The highest BCUT2D eigenvalue weighted by atomic mass is 19.1. The van der Waals surface area contributed by atoms with Gasteiger partial charge in [-0.05, 0) is 77.8 Å². The normalized spacial score (nSPS) is 11.5. The van der Waals surface area contributed by atoms with Gasteiger partial charge in [0.25, 0.3) is 0 Å². The van der Waals surface area contributed by atoms with Gasteiger partial charge in [-0.15, -0.1) is 0 Å². The predicted octanol–water partition coefficient (Wildman–Crippen LogP) is 5.38. The maximum Gasteiger partial charge on any atom is 0.248 e. The molecular weight excluding hydrogens is 363 g/mol. The van der Waals surface area contributed by atoms with Crippen molar-refractivity contribution in [3.05, 3.63) is 88.4 Å². The summed E-state index contributed by atoms with van der Waals surface area (Å²) in [6.45, 7) is 7.91. The van der Waals surface area contributed by atoms with Gasteiger partial charge in [0.1, 0.15) is 5.82 Å². The fraction of sp³-hybridized carbons (Fsp3) is 0.280. The molecule has 1 aromatic heterocycles. The van der Waals surface area contributed by atoms with Gasteiger partial charge < -0.3 is 5.73 Å². The molecule has 2 N–H and O–H groups in total. The van der Waals surface area contributed by atoms with Crippen molar-refractivity contribution in [3.63, 3.8) is 0 Å². The summed E-state index contributed by atoms with van der Waals surface area (Å²) in [5.74, 6) is -0.573.